The highest BCUT2D eigenvalue weighted by Gasteiger charge is 2.19. The van der Waals surface area contributed by atoms with Crippen LogP contribution in [0.1, 0.15) is 28.5 Å². The topological polar surface area (TPSA) is 112 Å². The Hall–Kier alpha value is -2.90. The summed E-state index contributed by atoms with van der Waals surface area (Å²) in [7, 11) is 0. The van der Waals surface area contributed by atoms with Gasteiger partial charge in [-0.3, -0.25) is 4.79 Å². The Morgan fingerprint density at radius 3 is 2.70 bits per heavy atom. The van der Waals surface area contributed by atoms with E-state index in [1.54, 1.807) is 6.92 Å². The molecule has 2 rings (SSSR count). The first-order valence-electron chi connectivity index (χ1n) is 7.15. The number of esters is 1. The van der Waals surface area contributed by atoms with E-state index in [0.717, 1.165) is 15.8 Å². The predicted molar refractivity (Wildman–Crippen MR) is 84.9 cm³/mol. The van der Waals surface area contributed by atoms with E-state index < -0.39 is 5.97 Å². The van der Waals surface area contributed by atoms with E-state index in [-0.39, 0.29) is 30.6 Å². The Balaban J connectivity index is 2.05. The molecule has 0 aliphatic heterocycles. The van der Waals surface area contributed by atoms with Crippen molar-refractivity contribution in [1.29, 1.82) is 0 Å². The molecule has 0 aliphatic rings. The summed E-state index contributed by atoms with van der Waals surface area (Å²) in [5.74, 6) is -0.982. The molecule has 122 valence electrons. The Bertz CT molecular complexity index is 739. The summed E-state index contributed by atoms with van der Waals surface area (Å²) in [5.41, 5.74) is 8.59. The fraction of sp³-hybridized carbons (Fsp3) is 0.333. The fourth-order valence-corrected chi connectivity index (χ4v) is 1.94. The van der Waals surface area contributed by atoms with Gasteiger partial charge in [-0.1, -0.05) is 11.3 Å². The number of carbonyl (C=O) groups excluding carboxylic acids is 2. The zero-order valence-corrected chi connectivity index (χ0v) is 13.3. The quantitative estimate of drug-likeness (QED) is 0.804. The van der Waals surface area contributed by atoms with E-state index in [4.69, 9.17) is 10.5 Å². The Labute approximate surface area is 133 Å². The molecule has 0 bridgehead atoms. The van der Waals surface area contributed by atoms with Crippen LogP contribution < -0.4 is 11.1 Å². The molecule has 0 unspecified atom stereocenters. The van der Waals surface area contributed by atoms with E-state index in [1.807, 2.05) is 32.0 Å². The standard InChI is InChI=1S/C15H19N5O3/c1-4-23-15(22)13-14(16)20(19-18-13)8-12(21)17-11-6-5-9(2)10(3)7-11/h5-7H,4,8,16H2,1-3H3,(H,17,21). The number of rotatable bonds is 5. The molecule has 1 aromatic heterocycles. The zero-order chi connectivity index (χ0) is 17.0. The molecule has 3 N–H and O–H groups in total. The molecule has 0 atom stereocenters. The zero-order valence-electron chi connectivity index (χ0n) is 13.3. The molecule has 0 radical (unpaired) electrons. The van der Waals surface area contributed by atoms with Crippen LogP contribution in [0.3, 0.4) is 0 Å². The number of nitrogens with one attached hydrogen (secondary N) is 1. The second kappa shape index (κ2) is 6.91. The van der Waals surface area contributed by atoms with Crippen molar-refractivity contribution in [2.45, 2.75) is 27.3 Å². The predicted octanol–water partition coefficient (Wildman–Crippen LogP) is 1.29. The minimum absolute atomic E-state index is 0.00122. The van der Waals surface area contributed by atoms with E-state index >= 15 is 0 Å². The normalized spacial score (nSPS) is 10.4. The first-order chi connectivity index (χ1) is 10.9. The molecule has 1 aromatic carbocycles. The minimum Gasteiger partial charge on any atom is -0.461 e. The number of aromatic nitrogens is 3. The highest BCUT2D eigenvalue weighted by Crippen LogP contribution is 2.15. The second-order valence-corrected chi connectivity index (χ2v) is 5.05. The van der Waals surface area contributed by atoms with Gasteiger partial charge in [-0.25, -0.2) is 9.48 Å². The summed E-state index contributed by atoms with van der Waals surface area (Å²) in [6.07, 6.45) is 0. The number of hydrogen-bond donors (Lipinski definition) is 2. The van der Waals surface area contributed by atoms with Crippen LogP contribution in [0.15, 0.2) is 18.2 Å². The Kier molecular flexibility index (Phi) is 4.95. The van der Waals surface area contributed by atoms with Crippen molar-refractivity contribution < 1.29 is 14.3 Å². The Morgan fingerprint density at radius 1 is 1.30 bits per heavy atom. The number of nitrogen functional groups attached to an aromatic ring is 1. The maximum atomic E-state index is 12.1. The van der Waals surface area contributed by atoms with Gasteiger partial charge < -0.3 is 15.8 Å². The SMILES string of the molecule is CCOC(=O)c1nnn(CC(=O)Nc2ccc(C)c(C)c2)c1N. The van der Waals surface area contributed by atoms with Gasteiger partial charge in [-0.05, 0) is 44.0 Å². The van der Waals surface area contributed by atoms with Crippen LogP contribution in [0.25, 0.3) is 0 Å². The monoisotopic (exact) mass is 317 g/mol. The average molecular weight is 317 g/mol. The van der Waals surface area contributed by atoms with E-state index in [2.05, 4.69) is 15.6 Å². The van der Waals surface area contributed by atoms with E-state index in [0.29, 0.717) is 5.69 Å². The minimum atomic E-state index is -0.661. The van der Waals surface area contributed by atoms with Crippen LogP contribution in [0.4, 0.5) is 11.5 Å². The number of benzene rings is 1. The summed E-state index contributed by atoms with van der Waals surface area (Å²) in [4.78, 5) is 23.7. The van der Waals surface area contributed by atoms with Crippen molar-refractivity contribution in [2.75, 3.05) is 17.7 Å². The summed E-state index contributed by atoms with van der Waals surface area (Å²) < 4.78 is 5.97. The molecule has 2 aromatic rings. The number of carbonyl (C=O) groups is 2. The smallest absolute Gasteiger partial charge is 0.362 e. The van der Waals surface area contributed by atoms with Crippen LogP contribution in [-0.4, -0.2) is 33.5 Å². The van der Waals surface area contributed by atoms with Crippen molar-refractivity contribution in [2.24, 2.45) is 0 Å². The highest BCUT2D eigenvalue weighted by molar-refractivity contribution is 5.93. The molecule has 8 nitrogen and oxygen atoms in total. The van der Waals surface area contributed by atoms with Crippen molar-refractivity contribution >= 4 is 23.4 Å². The summed E-state index contributed by atoms with van der Waals surface area (Å²) in [5, 5.41) is 10.1. The average Bonchev–Trinajstić information content (AvgIpc) is 2.84. The molecular formula is C15H19N5O3. The summed E-state index contributed by atoms with van der Waals surface area (Å²) in [6, 6.07) is 5.62. The summed E-state index contributed by atoms with van der Waals surface area (Å²) >= 11 is 0. The van der Waals surface area contributed by atoms with Gasteiger partial charge in [0.2, 0.25) is 11.6 Å². The maximum Gasteiger partial charge on any atom is 0.362 e. The van der Waals surface area contributed by atoms with Crippen molar-refractivity contribution in [3.05, 3.63) is 35.0 Å². The number of ether oxygens (including phenoxy) is 1. The first-order valence-corrected chi connectivity index (χ1v) is 7.15. The van der Waals surface area contributed by atoms with Crippen LogP contribution in [0.2, 0.25) is 0 Å². The third kappa shape index (κ3) is 3.85. The lowest BCUT2D eigenvalue weighted by molar-refractivity contribution is -0.116. The molecule has 0 spiro atoms. The number of aryl methyl sites for hydroxylation is 2. The molecule has 0 fully saturated rings. The third-order valence-corrected chi connectivity index (χ3v) is 3.33. The molecule has 0 aliphatic carbocycles. The largest absolute Gasteiger partial charge is 0.461 e. The van der Waals surface area contributed by atoms with Gasteiger partial charge in [0.25, 0.3) is 0 Å². The number of hydrogen-bond acceptors (Lipinski definition) is 6. The molecular weight excluding hydrogens is 298 g/mol. The molecule has 1 amide bonds. The van der Waals surface area contributed by atoms with Gasteiger partial charge in [-0.15, -0.1) is 5.10 Å². The van der Waals surface area contributed by atoms with Crippen LogP contribution >= 0.6 is 0 Å². The van der Waals surface area contributed by atoms with Gasteiger partial charge in [0.05, 0.1) is 6.61 Å². The molecule has 0 saturated carbocycles. The van der Waals surface area contributed by atoms with E-state index in [1.165, 1.54) is 0 Å². The van der Waals surface area contributed by atoms with Gasteiger partial charge in [0, 0.05) is 5.69 Å². The molecule has 1 heterocycles. The highest BCUT2D eigenvalue weighted by atomic mass is 16.5. The van der Waals surface area contributed by atoms with Gasteiger partial charge >= 0.3 is 5.97 Å². The fourth-order valence-electron chi connectivity index (χ4n) is 1.94. The number of nitrogens with zero attached hydrogens (tertiary/aromatic N) is 3. The number of nitrogens with two attached hydrogens (primary N) is 1. The van der Waals surface area contributed by atoms with Crippen LogP contribution in [0, 0.1) is 13.8 Å². The van der Waals surface area contributed by atoms with Crippen molar-refractivity contribution in [3.8, 4) is 0 Å². The van der Waals surface area contributed by atoms with Crippen LogP contribution in [-0.2, 0) is 16.1 Å². The molecule has 23 heavy (non-hydrogen) atoms. The lowest BCUT2D eigenvalue weighted by Crippen LogP contribution is -2.21. The number of amides is 1. The Morgan fingerprint density at radius 2 is 2.04 bits per heavy atom. The van der Waals surface area contributed by atoms with Crippen molar-refractivity contribution in [3.63, 3.8) is 0 Å². The van der Waals surface area contributed by atoms with E-state index in [9.17, 15) is 9.59 Å². The number of anilines is 2. The lowest BCUT2D eigenvalue weighted by Gasteiger charge is -2.08. The lowest BCUT2D eigenvalue weighted by atomic mass is 10.1. The molecule has 0 saturated heterocycles. The second-order valence-electron chi connectivity index (χ2n) is 5.05. The van der Waals surface area contributed by atoms with Crippen LogP contribution in [0.5, 0.6) is 0 Å². The van der Waals surface area contributed by atoms with Gasteiger partial charge in [0.15, 0.2) is 5.82 Å². The molecule has 8 heteroatoms. The first kappa shape index (κ1) is 16.5. The third-order valence-electron chi connectivity index (χ3n) is 3.33. The van der Waals surface area contributed by atoms with Crippen molar-refractivity contribution in [1.82, 2.24) is 15.0 Å². The summed E-state index contributed by atoms with van der Waals surface area (Å²) in [6.45, 7) is 5.69. The maximum absolute atomic E-state index is 12.1. The van der Waals surface area contributed by atoms with Gasteiger partial charge in [-0.2, -0.15) is 0 Å². The van der Waals surface area contributed by atoms with Gasteiger partial charge in [0.1, 0.15) is 6.54 Å².